The number of carbonyl (C=O) groups is 4. The van der Waals surface area contributed by atoms with Crippen LogP contribution in [0.15, 0.2) is 121 Å². The summed E-state index contributed by atoms with van der Waals surface area (Å²) in [6, 6.07) is 33.2. The normalized spacial score (nSPS) is 18.6. The summed E-state index contributed by atoms with van der Waals surface area (Å²) < 4.78 is 0. The van der Waals surface area contributed by atoms with Gasteiger partial charge in [-0.05, 0) is 35.4 Å². The Morgan fingerprint density at radius 2 is 0.737 bits per heavy atom. The van der Waals surface area contributed by atoms with E-state index < -0.39 is 36.2 Å². The molecular formula is C30H22N4O4. The van der Waals surface area contributed by atoms with Gasteiger partial charge in [0.05, 0.1) is 0 Å². The van der Waals surface area contributed by atoms with Gasteiger partial charge in [0.25, 0.3) is 11.8 Å². The molecule has 4 aromatic rings. The summed E-state index contributed by atoms with van der Waals surface area (Å²) in [5.74, 6) is -1.08. The molecule has 4 aromatic carbocycles. The molecule has 2 heterocycles. The molecule has 0 N–H and O–H groups in total. The van der Waals surface area contributed by atoms with Crippen LogP contribution in [0.5, 0.6) is 0 Å². The summed E-state index contributed by atoms with van der Waals surface area (Å²) in [5.41, 5.74) is 1.73. The molecule has 2 aliphatic rings. The van der Waals surface area contributed by atoms with Crippen molar-refractivity contribution in [3.63, 3.8) is 0 Å². The molecule has 0 radical (unpaired) electrons. The lowest BCUT2D eigenvalue weighted by Gasteiger charge is -2.27. The predicted molar refractivity (Wildman–Crippen MR) is 138 cm³/mol. The fraction of sp³-hybridized carbons (Fsp3) is 0.0667. The number of carbonyl (C=O) groups excluding carboxylic acids is 4. The van der Waals surface area contributed by atoms with Crippen LogP contribution in [0.25, 0.3) is 0 Å². The van der Waals surface area contributed by atoms with Crippen molar-refractivity contribution in [2.24, 2.45) is 0 Å². The largest absolute Gasteiger partial charge is 0.350 e. The lowest BCUT2D eigenvalue weighted by atomic mass is 10.1. The standard InChI is InChI=1S/C30H22N4O4/c35-27(23-17-9-3-10-18-23)31-25(21-13-5-1-6-14-21)33-30(38)32(28(36)24-19-11-4-12-20-24)26(34(33)29(31)37)22-15-7-2-8-16-22/h1-20,25-26H. The van der Waals surface area contributed by atoms with Crippen molar-refractivity contribution in [2.45, 2.75) is 12.3 Å². The van der Waals surface area contributed by atoms with E-state index in [-0.39, 0.29) is 0 Å². The molecule has 38 heavy (non-hydrogen) atoms. The maximum Gasteiger partial charge on any atom is 0.350 e. The van der Waals surface area contributed by atoms with Crippen LogP contribution in [-0.4, -0.2) is 43.7 Å². The first-order chi connectivity index (χ1) is 18.6. The zero-order valence-electron chi connectivity index (χ0n) is 20.1. The van der Waals surface area contributed by atoms with Crippen LogP contribution in [0.3, 0.4) is 0 Å². The monoisotopic (exact) mass is 502 g/mol. The third-order valence-electron chi connectivity index (χ3n) is 6.66. The van der Waals surface area contributed by atoms with Gasteiger partial charge in [-0.15, -0.1) is 0 Å². The zero-order valence-corrected chi connectivity index (χ0v) is 20.1. The van der Waals surface area contributed by atoms with Crippen LogP contribution in [0, 0.1) is 0 Å². The number of hydrazine groups is 1. The molecule has 0 saturated carbocycles. The summed E-state index contributed by atoms with van der Waals surface area (Å²) >= 11 is 0. The van der Waals surface area contributed by atoms with E-state index in [1.54, 1.807) is 109 Å². The van der Waals surface area contributed by atoms with Gasteiger partial charge in [0.1, 0.15) is 0 Å². The predicted octanol–water partition coefficient (Wildman–Crippen LogP) is 5.46. The summed E-state index contributed by atoms with van der Waals surface area (Å²) in [6.07, 6.45) is -2.16. The van der Waals surface area contributed by atoms with Crippen LogP contribution in [0.4, 0.5) is 9.59 Å². The highest BCUT2D eigenvalue weighted by atomic mass is 16.2. The average molecular weight is 503 g/mol. The lowest BCUT2D eigenvalue weighted by Crippen LogP contribution is -2.44. The van der Waals surface area contributed by atoms with E-state index in [1.165, 1.54) is 10.0 Å². The Hall–Kier alpha value is -5.24. The Kier molecular flexibility index (Phi) is 5.69. The van der Waals surface area contributed by atoms with Crippen molar-refractivity contribution in [1.82, 2.24) is 19.8 Å². The third-order valence-corrected chi connectivity index (χ3v) is 6.66. The molecule has 6 rings (SSSR count). The average Bonchev–Trinajstić information content (AvgIpc) is 3.45. The van der Waals surface area contributed by atoms with Crippen LogP contribution >= 0.6 is 0 Å². The van der Waals surface area contributed by atoms with E-state index in [2.05, 4.69) is 0 Å². The number of hydrogen-bond donors (Lipinski definition) is 0. The number of imide groups is 2. The number of fused-ring (bicyclic) bond motifs is 1. The van der Waals surface area contributed by atoms with Gasteiger partial charge in [0.15, 0.2) is 12.3 Å². The van der Waals surface area contributed by atoms with Gasteiger partial charge in [-0.25, -0.2) is 29.4 Å². The molecule has 2 aliphatic heterocycles. The number of hydrogen-bond acceptors (Lipinski definition) is 4. The summed E-state index contributed by atoms with van der Waals surface area (Å²) in [5, 5.41) is 2.44. The van der Waals surface area contributed by atoms with Crippen molar-refractivity contribution in [3.8, 4) is 0 Å². The topological polar surface area (TPSA) is 81.2 Å². The van der Waals surface area contributed by atoms with E-state index >= 15 is 0 Å². The lowest BCUT2D eigenvalue weighted by molar-refractivity contribution is 0.0453. The van der Waals surface area contributed by atoms with Gasteiger partial charge < -0.3 is 0 Å². The Labute approximate surface area is 218 Å². The van der Waals surface area contributed by atoms with Gasteiger partial charge in [0, 0.05) is 11.1 Å². The molecule has 2 fully saturated rings. The number of urea groups is 2. The van der Waals surface area contributed by atoms with E-state index in [0.717, 1.165) is 9.80 Å². The summed E-state index contributed by atoms with van der Waals surface area (Å²) in [7, 11) is 0. The molecule has 0 aromatic heterocycles. The Bertz CT molecular complexity index is 1400. The van der Waals surface area contributed by atoms with Gasteiger partial charge in [0.2, 0.25) is 0 Å². The molecule has 0 bridgehead atoms. The quantitative estimate of drug-likeness (QED) is 0.371. The second kappa shape index (κ2) is 9.33. The molecule has 0 spiro atoms. The van der Waals surface area contributed by atoms with E-state index in [4.69, 9.17) is 0 Å². The fourth-order valence-electron chi connectivity index (χ4n) is 4.94. The first-order valence-corrected chi connectivity index (χ1v) is 12.1. The number of rotatable bonds is 4. The fourth-order valence-corrected chi connectivity index (χ4v) is 4.94. The van der Waals surface area contributed by atoms with Crippen molar-refractivity contribution in [1.29, 1.82) is 0 Å². The Morgan fingerprint density at radius 1 is 0.447 bits per heavy atom. The minimum Gasteiger partial charge on any atom is -0.268 e. The molecule has 8 nitrogen and oxygen atoms in total. The number of amides is 6. The molecule has 2 unspecified atom stereocenters. The van der Waals surface area contributed by atoms with Crippen LogP contribution in [-0.2, 0) is 0 Å². The minimum atomic E-state index is -1.08. The maximum absolute atomic E-state index is 14.1. The van der Waals surface area contributed by atoms with E-state index in [9.17, 15) is 19.2 Å². The Morgan fingerprint density at radius 3 is 1.05 bits per heavy atom. The van der Waals surface area contributed by atoms with Gasteiger partial charge in [-0.2, -0.15) is 0 Å². The molecule has 186 valence electrons. The first kappa shape index (κ1) is 23.2. The second-order valence-electron chi connectivity index (χ2n) is 8.91. The van der Waals surface area contributed by atoms with E-state index in [0.29, 0.717) is 22.3 Å². The third kappa shape index (κ3) is 3.62. The van der Waals surface area contributed by atoms with Crippen molar-refractivity contribution >= 4 is 23.9 Å². The van der Waals surface area contributed by atoms with Gasteiger partial charge in [-0.3, -0.25) is 9.59 Å². The molecule has 6 amide bonds. The van der Waals surface area contributed by atoms with Crippen LogP contribution < -0.4 is 0 Å². The van der Waals surface area contributed by atoms with Crippen LogP contribution in [0.1, 0.15) is 44.2 Å². The molecule has 8 heteroatoms. The van der Waals surface area contributed by atoms with Gasteiger partial charge in [-0.1, -0.05) is 97.1 Å². The number of benzene rings is 4. The maximum atomic E-state index is 14.1. The smallest absolute Gasteiger partial charge is 0.268 e. The minimum absolute atomic E-state index is 0.310. The highest BCUT2D eigenvalue weighted by molar-refractivity contribution is 6.10. The first-order valence-electron chi connectivity index (χ1n) is 12.1. The SMILES string of the molecule is O=C(c1ccccc1)N1C(=O)N2C(c3ccccc3)N(C(=O)c3ccccc3)C(=O)N2C1c1ccccc1. The summed E-state index contributed by atoms with van der Waals surface area (Å²) in [6.45, 7) is 0. The second-order valence-corrected chi connectivity index (χ2v) is 8.91. The highest BCUT2D eigenvalue weighted by Crippen LogP contribution is 2.47. The Balaban J connectivity index is 1.52. The highest BCUT2D eigenvalue weighted by Gasteiger charge is 2.61. The van der Waals surface area contributed by atoms with Crippen molar-refractivity contribution in [2.75, 3.05) is 0 Å². The van der Waals surface area contributed by atoms with Crippen molar-refractivity contribution in [3.05, 3.63) is 144 Å². The summed E-state index contributed by atoms with van der Waals surface area (Å²) in [4.78, 5) is 57.8. The molecule has 2 saturated heterocycles. The van der Waals surface area contributed by atoms with E-state index in [1.807, 2.05) is 12.1 Å². The molecular weight excluding hydrogens is 480 g/mol. The number of nitrogens with zero attached hydrogens (tertiary/aromatic N) is 4. The molecule has 2 atom stereocenters. The van der Waals surface area contributed by atoms with Gasteiger partial charge >= 0.3 is 12.1 Å². The zero-order chi connectivity index (χ0) is 26.2. The van der Waals surface area contributed by atoms with Crippen LogP contribution in [0.2, 0.25) is 0 Å². The van der Waals surface area contributed by atoms with Crippen molar-refractivity contribution < 1.29 is 19.2 Å². The molecule has 0 aliphatic carbocycles.